The largest absolute Gasteiger partial charge is 0.398 e. The fourth-order valence-electron chi connectivity index (χ4n) is 2.07. The van der Waals surface area contributed by atoms with Crippen LogP contribution in [0, 0.1) is 0 Å². The van der Waals surface area contributed by atoms with Crippen molar-refractivity contribution in [1.82, 2.24) is 10.2 Å². The van der Waals surface area contributed by atoms with Gasteiger partial charge in [-0.25, -0.2) is 0 Å². The molecule has 0 spiro atoms. The van der Waals surface area contributed by atoms with Crippen molar-refractivity contribution in [2.75, 3.05) is 18.8 Å². The summed E-state index contributed by atoms with van der Waals surface area (Å²) in [5, 5.41) is 3.09. The summed E-state index contributed by atoms with van der Waals surface area (Å²) in [7, 11) is 0. The lowest BCUT2D eigenvalue weighted by atomic mass is 9.97. The van der Waals surface area contributed by atoms with Crippen LogP contribution in [0.4, 0.5) is 5.69 Å². The van der Waals surface area contributed by atoms with E-state index >= 15 is 0 Å². The molecule has 2 amide bonds. The number of rotatable bonds is 1. The van der Waals surface area contributed by atoms with Crippen molar-refractivity contribution in [3.63, 3.8) is 0 Å². The van der Waals surface area contributed by atoms with Gasteiger partial charge in [-0.1, -0.05) is 11.6 Å². The number of halogens is 1. The van der Waals surface area contributed by atoms with Gasteiger partial charge in [0.05, 0.1) is 10.7 Å². The Balaban J connectivity index is 2.32. The molecule has 19 heavy (non-hydrogen) atoms. The molecule has 0 saturated carbocycles. The maximum Gasteiger partial charge on any atom is 0.254 e. The number of nitrogens with one attached hydrogen (secondary N) is 1. The van der Waals surface area contributed by atoms with E-state index in [-0.39, 0.29) is 11.8 Å². The third-order valence-corrected chi connectivity index (χ3v) is 3.67. The monoisotopic (exact) mass is 281 g/mol. The topological polar surface area (TPSA) is 75.4 Å². The Hall–Kier alpha value is -1.75. The van der Waals surface area contributed by atoms with Crippen molar-refractivity contribution in [2.45, 2.75) is 19.4 Å². The Labute approximate surface area is 116 Å². The van der Waals surface area contributed by atoms with Crippen molar-refractivity contribution in [3.8, 4) is 0 Å². The highest BCUT2D eigenvalue weighted by molar-refractivity contribution is 6.33. The molecule has 3 N–H and O–H groups in total. The summed E-state index contributed by atoms with van der Waals surface area (Å²) in [6, 6.07) is 4.74. The van der Waals surface area contributed by atoms with Crippen LogP contribution in [-0.2, 0) is 4.79 Å². The fraction of sp³-hybridized carbons (Fsp3) is 0.385. The Morgan fingerprint density at radius 3 is 2.79 bits per heavy atom. The second kappa shape index (κ2) is 4.74. The first kappa shape index (κ1) is 13.7. The zero-order valence-corrected chi connectivity index (χ0v) is 11.6. The number of carbonyl (C=O) groups is 2. The molecule has 2 rings (SSSR count). The summed E-state index contributed by atoms with van der Waals surface area (Å²) in [5.74, 6) is -0.379. The first-order valence-electron chi connectivity index (χ1n) is 5.99. The Morgan fingerprint density at radius 1 is 1.47 bits per heavy atom. The minimum atomic E-state index is -0.872. The smallest absolute Gasteiger partial charge is 0.254 e. The molecule has 5 nitrogen and oxygen atoms in total. The minimum absolute atomic E-state index is 0.159. The summed E-state index contributed by atoms with van der Waals surface area (Å²) in [5.41, 5.74) is 5.61. The summed E-state index contributed by atoms with van der Waals surface area (Å²) < 4.78 is 0. The molecule has 1 heterocycles. The first-order valence-corrected chi connectivity index (χ1v) is 6.37. The van der Waals surface area contributed by atoms with E-state index in [0.717, 1.165) is 0 Å². The predicted molar refractivity (Wildman–Crippen MR) is 74.0 cm³/mol. The zero-order valence-electron chi connectivity index (χ0n) is 10.9. The molecule has 0 bridgehead atoms. The van der Waals surface area contributed by atoms with Gasteiger partial charge in [-0.3, -0.25) is 9.59 Å². The van der Waals surface area contributed by atoms with E-state index in [1.807, 2.05) is 0 Å². The van der Waals surface area contributed by atoms with Crippen LogP contribution in [0.5, 0.6) is 0 Å². The number of hydrogen-bond donors (Lipinski definition) is 2. The molecule has 1 saturated heterocycles. The SMILES string of the molecule is CC1(C)C(=O)NCCN1C(=O)c1ccc(N)c(Cl)c1. The van der Waals surface area contributed by atoms with Gasteiger partial charge in [0.2, 0.25) is 5.91 Å². The molecule has 1 fully saturated rings. The zero-order chi connectivity index (χ0) is 14.2. The number of nitrogen functional groups attached to an aromatic ring is 1. The number of hydrogen-bond acceptors (Lipinski definition) is 3. The van der Waals surface area contributed by atoms with Crippen molar-refractivity contribution in [2.24, 2.45) is 0 Å². The number of carbonyl (C=O) groups excluding carboxylic acids is 2. The Bertz CT molecular complexity index is 543. The number of piperazine rings is 1. The van der Waals surface area contributed by atoms with Gasteiger partial charge in [-0.2, -0.15) is 0 Å². The molecule has 0 aliphatic carbocycles. The number of benzene rings is 1. The lowest BCUT2D eigenvalue weighted by Gasteiger charge is -2.41. The fourth-order valence-corrected chi connectivity index (χ4v) is 2.25. The average Bonchev–Trinajstić information content (AvgIpc) is 2.35. The summed E-state index contributed by atoms with van der Waals surface area (Å²) >= 11 is 5.92. The predicted octanol–water partition coefficient (Wildman–Crippen LogP) is 1.27. The number of amides is 2. The summed E-state index contributed by atoms with van der Waals surface area (Å²) in [6.45, 7) is 4.37. The molecule has 0 aromatic heterocycles. The van der Waals surface area contributed by atoms with Gasteiger partial charge in [0.15, 0.2) is 0 Å². The molecule has 0 atom stereocenters. The van der Waals surface area contributed by atoms with Crippen molar-refractivity contribution >= 4 is 29.1 Å². The highest BCUT2D eigenvalue weighted by atomic mass is 35.5. The van der Waals surface area contributed by atoms with Crippen LogP contribution in [0.3, 0.4) is 0 Å². The molecular formula is C13H16ClN3O2. The van der Waals surface area contributed by atoms with Crippen LogP contribution < -0.4 is 11.1 Å². The normalized spacial score (nSPS) is 18.1. The maximum absolute atomic E-state index is 12.5. The Kier molecular flexibility index (Phi) is 3.41. The van der Waals surface area contributed by atoms with Crippen LogP contribution in [0.1, 0.15) is 24.2 Å². The lowest BCUT2D eigenvalue weighted by Crippen LogP contribution is -2.63. The van der Waals surface area contributed by atoms with Gasteiger partial charge >= 0.3 is 0 Å². The first-order chi connectivity index (χ1) is 8.84. The second-order valence-corrected chi connectivity index (χ2v) is 5.42. The van der Waals surface area contributed by atoms with E-state index < -0.39 is 5.54 Å². The third-order valence-electron chi connectivity index (χ3n) is 3.34. The number of nitrogens with zero attached hydrogens (tertiary/aromatic N) is 1. The van der Waals surface area contributed by atoms with Gasteiger partial charge < -0.3 is 16.0 Å². The molecule has 1 aliphatic heterocycles. The van der Waals surface area contributed by atoms with Crippen LogP contribution in [-0.4, -0.2) is 35.3 Å². The van der Waals surface area contributed by atoms with E-state index in [1.165, 1.54) is 6.07 Å². The van der Waals surface area contributed by atoms with Gasteiger partial charge in [0.25, 0.3) is 5.91 Å². The van der Waals surface area contributed by atoms with Crippen molar-refractivity contribution < 1.29 is 9.59 Å². The van der Waals surface area contributed by atoms with E-state index in [0.29, 0.717) is 29.4 Å². The lowest BCUT2D eigenvalue weighted by molar-refractivity contribution is -0.133. The van der Waals surface area contributed by atoms with E-state index in [9.17, 15) is 9.59 Å². The van der Waals surface area contributed by atoms with Crippen molar-refractivity contribution in [3.05, 3.63) is 28.8 Å². The molecule has 0 radical (unpaired) electrons. The summed E-state index contributed by atoms with van der Waals surface area (Å²) in [4.78, 5) is 25.9. The third kappa shape index (κ3) is 2.38. The van der Waals surface area contributed by atoms with Crippen LogP contribution in [0.15, 0.2) is 18.2 Å². The molecule has 102 valence electrons. The molecule has 1 aliphatic rings. The van der Waals surface area contributed by atoms with Crippen LogP contribution in [0.2, 0.25) is 5.02 Å². The summed E-state index contributed by atoms with van der Waals surface area (Å²) in [6.07, 6.45) is 0. The molecular weight excluding hydrogens is 266 g/mol. The van der Waals surface area contributed by atoms with E-state index in [1.54, 1.807) is 30.9 Å². The maximum atomic E-state index is 12.5. The van der Waals surface area contributed by atoms with Crippen LogP contribution in [0.25, 0.3) is 0 Å². The molecule has 1 aromatic rings. The minimum Gasteiger partial charge on any atom is -0.398 e. The number of nitrogens with two attached hydrogens (primary N) is 1. The van der Waals surface area contributed by atoms with E-state index in [4.69, 9.17) is 17.3 Å². The standard InChI is InChI=1S/C13H16ClN3O2/c1-13(2)12(19)16-5-6-17(13)11(18)8-3-4-10(15)9(14)7-8/h3-4,7H,5-6,15H2,1-2H3,(H,16,19). The second-order valence-electron chi connectivity index (χ2n) is 5.01. The van der Waals surface area contributed by atoms with Gasteiger partial charge in [-0.05, 0) is 32.0 Å². The molecule has 0 unspecified atom stereocenters. The molecule has 6 heteroatoms. The Morgan fingerprint density at radius 2 is 2.16 bits per heavy atom. The highest BCUT2D eigenvalue weighted by Gasteiger charge is 2.40. The highest BCUT2D eigenvalue weighted by Crippen LogP contribution is 2.24. The van der Waals surface area contributed by atoms with Gasteiger partial charge in [-0.15, -0.1) is 0 Å². The van der Waals surface area contributed by atoms with Gasteiger partial charge in [0.1, 0.15) is 5.54 Å². The van der Waals surface area contributed by atoms with E-state index in [2.05, 4.69) is 5.32 Å². The van der Waals surface area contributed by atoms with Crippen LogP contribution >= 0.6 is 11.6 Å². The quantitative estimate of drug-likeness (QED) is 0.761. The molecule has 1 aromatic carbocycles. The van der Waals surface area contributed by atoms with Gasteiger partial charge in [0, 0.05) is 18.7 Å². The average molecular weight is 282 g/mol. The van der Waals surface area contributed by atoms with Crippen molar-refractivity contribution in [1.29, 1.82) is 0 Å². The number of anilines is 1.